The van der Waals surface area contributed by atoms with Crippen LogP contribution in [0.1, 0.15) is 88.9 Å². The Bertz CT molecular complexity index is 502. The molecule has 26 heavy (non-hydrogen) atoms. The van der Waals surface area contributed by atoms with Crippen LogP contribution in [0.5, 0.6) is 0 Å². The summed E-state index contributed by atoms with van der Waals surface area (Å²) in [6.07, 6.45) is 5.47. The minimum atomic E-state index is -1.27. The van der Waals surface area contributed by atoms with Crippen molar-refractivity contribution >= 4 is 11.9 Å². The molecule has 0 aliphatic heterocycles. The van der Waals surface area contributed by atoms with E-state index in [0.29, 0.717) is 18.9 Å². The van der Waals surface area contributed by atoms with Gasteiger partial charge in [0.25, 0.3) is 0 Å². The summed E-state index contributed by atoms with van der Waals surface area (Å²) in [5.41, 5.74) is -2.13. The third-order valence-corrected chi connectivity index (χ3v) is 4.24. The fourth-order valence-corrected chi connectivity index (χ4v) is 2.43. The number of hydrogen-bond acceptors (Lipinski definition) is 4. The van der Waals surface area contributed by atoms with E-state index in [1.807, 2.05) is 13.8 Å². The number of aromatic amines is 1. The Labute approximate surface area is 160 Å². The van der Waals surface area contributed by atoms with Crippen molar-refractivity contribution in [3.63, 3.8) is 0 Å². The molecule has 0 aliphatic rings. The molecule has 2 unspecified atom stereocenters. The molecule has 0 fully saturated rings. The van der Waals surface area contributed by atoms with Gasteiger partial charge in [0.15, 0.2) is 0 Å². The van der Waals surface area contributed by atoms with Crippen molar-refractivity contribution in [1.29, 1.82) is 0 Å². The summed E-state index contributed by atoms with van der Waals surface area (Å²) in [6, 6.07) is 0. The molecule has 0 aliphatic carbocycles. The fraction of sp³-hybridized carbons (Fsp3) is 0.750. The van der Waals surface area contributed by atoms with Gasteiger partial charge in [-0.3, -0.25) is 9.59 Å². The number of rotatable bonds is 9. The Hall–Kier alpha value is -1.85. The van der Waals surface area contributed by atoms with Crippen LogP contribution in [0, 0.1) is 5.41 Å². The minimum Gasteiger partial charge on any atom is -0.480 e. The lowest BCUT2D eigenvalue weighted by Gasteiger charge is -2.33. The third kappa shape index (κ3) is 7.18. The number of imidazole rings is 1. The predicted molar refractivity (Wildman–Crippen MR) is 109 cm³/mol. The van der Waals surface area contributed by atoms with Gasteiger partial charge in [0, 0.05) is 12.4 Å². The third-order valence-electron chi connectivity index (χ3n) is 4.24. The molecule has 0 aromatic carbocycles. The predicted octanol–water partition coefficient (Wildman–Crippen LogP) is 5.45. The van der Waals surface area contributed by atoms with E-state index in [0.717, 1.165) is 12.8 Å². The highest BCUT2D eigenvalue weighted by atomic mass is 16.5. The summed E-state index contributed by atoms with van der Waals surface area (Å²) in [5.74, 6) is -1.01. The maximum Gasteiger partial charge on any atom is 0.317 e. The first-order valence-corrected chi connectivity index (χ1v) is 7.70. The number of ether oxygens (including phenoxy) is 1. The molecule has 0 radical (unpaired) electrons. The van der Waals surface area contributed by atoms with Gasteiger partial charge >= 0.3 is 11.9 Å². The second-order valence-corrected chi connectivity index (χ2v) is 6.16. The van der Waals surface area contributed by atoms with Crippen LogP contribution in [0.3, 0.4) is 0 Å². The highest BCUT2D eigenvalue weighted by molar-refractivity contribution is 5.82. The van der Waals surface area contributed by atoms with Crippen LogP contribution < -0.4 is 0 Å². The van der Waals surface area contributed by atoms with Crippen LogP contribution in [0.15, 0.2) is 12.4 Å². The Kier molecular flexibility index (Phi) is 16.4. The summed E-state index contributed by atoms with van der Waals surface area (Å²) in [4.78, 5) is 31.1. The molecule has 0 saturated carbocycles. The quantitative estimate of drug-likeness (QED) is 0.443. The number of carboxylic acid groups (broad SMARTS) is 1. The highest BCUT2D eigenvalue weighted by Gasteiger charge is 2.47. The Balaban J connectivity index is -0.000000605. The van der Waals surface area contributed by atoms with Gasteiger partial charge < -0.3 is 14.8 Å². The zero-order valence-corrected chi connectivity index (χ0v) is 13.8. The highest BCUT2D eigenvalue weighted by Crippen LogP contribution is 2.39. The van der Waals surface area contributed by atoms with E-state index in [4.69, 9.17) is 4.74 Å². The van der Waals surface area contributed by atoms with Gasteiger partial charge in [0.1, 0.15) is 11.2 Å². The molecule has 0 amide bonds. The normalized spacial score (nSPS) is 14.0. The number of carboxylic acids is 1. The monoisotopic (exact) mass is 374 g/mol. The van der Waals surface area contributed by atoms with Crippen molar-refractivity contribution in [2.75, 3.05) is 6.61 Å². The van der Waals surface area contributed by atoms with Crippen molar-refractivity contribution in [2.24, 2.45) is 5.41 Å². The van der Waals surface area contributed by atoms with E-state index in [-0.39, 0.29) is 42.1 Å². The maximum absolute atomic E-state index is 12.4. The number of H-pyrrole nitrogens is 1. The molecule has 1 heterocycles. The number of carbonyl (C=O) groups excluding carboxylic acids is 1. The summed E-state index contributed by atoms with van der Waals surface area (Å²) >= 11 is 0. The van der Waals surface area contributed by atoms with Gasteiger partial charge in [0.05, 0.1) is 12.0 Å². The van der Waals surface area contributed by atoms with Gasteiger partial charge in [-0.15, -0.1) is 0 Å². The van der Waals surface area contributed by atoms with Crippen LogP contribution in [0.2, 0.25) is 0 Å². The Morgan fingerprint density at radius 3 is 2.15 bits per heavy atom. The summed E-state index contributed by atoms with van der Waals surface area (Å²) in [7, 11) is 0. The van der Waals surface area contributed by atoms with Gasteiger partial charge in [0.2, 0.25) is 0 Å². The van der Waals surface area contributed by atoms with E-state index < -0.39 is 16.8 Å². The summed E-state index contributed by atoms with van der Waals surface area (Å²) in [5, 5.41) is 9.65. The van der Waals surface area contributed by atoms with Gasteiger partial charge in [-0.1, -0.05) is 50.0 Å². The lowest BCUT2D eigenvalue weighted by molar-refractivity contribution is -0.158. The Morgan fingerprint density at radius 2 is 1.77 bits per heavy atom. The lowest BCUT2D eigenvalue weighted by Crippen LogP contribution is -2.42. The second kappa shape index (κ2) is 13.4. The van der Waals surface area contributed by atoms with E-state index in [2.05, 4.69) is 9.97 Å². The Morgan fingerprint density at radius 1 is 1.19 bits per heavy atom. The van der Waals surface area contributed by atoms with Crippen molar-refractivity contribution in [3.8, 4) is 0 Å². The summed E-state index contributed by atoms with van der Waals surface area (Å²) < 4.78 is 5.32. The molecule has 0 spiro atoms. The minimum absolute atomic E-state index is 0. The summed E-state index contributed by atoms with van der Waals surface area (Å²) in [6.45, 7) is 7.60. The van der Waals surface area contributed by atoms with Crippen molar-refractivity contribution < 1.29 is 19.4 Å². The van der Waals surface area contributed by atoms with E-state index in [9.17, 15) is 14.7 Å². The van der Waals surface area contributed by atoms with E-state index >= 15 is 0 Å². The topological polar surface area (TPSA) is 92.3 Å². The molecule has 1 aromatic heterocycles. The SMILES string of the molecule is C.C.C.C.CCCCOC(=O)C(C)(CC)CC(C)(C(=O)O)c1ncc[nH]1. The van der Waals surface area contributed by atoms with Gasteiger partial charge in [-0.05, 0) is 33.1 Å². The number of aliphatic carboxylic acids is 1. The van der Waals surface area contributed by atoms with Crippen molar-refractivity contribution in [3.05, 3.63) is 18.2 Å². The molecular weight excluding hydrogens is 332 g/mol. The molecule has 156 valence electrons. The van der Waals surface area contributed by atoms with Crippen molar-refractivity contribution in [1.82, 2.24) is 9.97 Å². The van der Waals surface area contributed by atoms with Crippen LogP contribution in [0.4, 0.5) is 0 Å². The average molecular weight is 375 g/mol. The number of hydrogen-bond donors (Lipinski definition) is 2. The number of carbonyl (C=O) groups is 2. The number of nitrogens with one attached hydrogen (secondary N) is 1. The van der Waals surface area contributed by atoms with E-state index in [1.165, 1.54) is 6.20 Å². The molecule has 1 aromatic rings. The van der Waals surface area contributed by atoms with Gasteiger partial charge in [-0.25, -0.2) is 4.98 Å². The molecule has 0 bridgehead atoms. The fourth-order valence-electron chi connectivity index (χ4n) is 2.43. The van der Waals surface area contributed by atoms with Crippen LogP contribution in [0.25, 0.3) is 0 Å². The first-order valence-electron chi connectivity index (χ1n) is 7.70. The lowest BCUT2D eigenvalue weighted by atomic mass is 9.71. The molecule has 2 N–H and O–H groups in total. The standard InChI is InChI=1S/C16H26N2O4.4CH4/c1-5-7-10-22-14(21)15(3,6-2)11-16(4,13(19)20)12-17-8-9-18-12;;;;/h8-9H,5-7,10-11H2,1-4H3,(H,17,18)(H,19,20);4*1H4. The number of unbranched alkanes of at least 4 members (excludes halogenated alkanes) is 1. The van der Waals surface area contributed by atoms with Crippen LogP contribution >= 0.6 is 0 Å². The smallest absolute Gasteiger partial charge is 0.317 e. The zero-order valence-electron chi connectivity index (χ0n) is 13.8. The molecule has 6 heteroatoms. The maximum atomic E-state index is 12.4. The van der Waals surface area contributed by atoms with Crippen LogP contribution in [-0.2, 0) is 19.7 Å². The first-order chi connectivity index (χ1) is 10.3. The van der Waals surface area contributed by atoms with Crippen molar-refractivity contribution in [2.45, 2.75) is 88.5 Å². The molecule has 2 atom stereocenters. The molecule has 6 nitrogen and oxygen atoms in total. The number of nitrogens with zero attached hydrogens (tertiary/aromatic N) is 1. The number of esters is 1. The second-order valence-electron chi connectivity index (χ2n) is 6.16. The van der Waals surface area contributed by atoms with Gasteiger partial charge in [-0.2, -0.15) is 0 Å². The first kappa shape index (κ1) is 31.9. The molecular formula is C20H42N2O4. The molecule has 0 saturated heterocycles. The number of aromatic nitrogens is 2. The largest absolute Gasteiger partial charge is 0.480 e. The molecule has 1 rings (SSSR count). The zero-order chi connectivity index (χ0) is 16.8. The van der Waals surface area contributed by atoms with E-state index in [1.54, 1.807) is 20.0 Å². The average Bonchev–Trinajstić information content (AvgIpc) is 3.01. The van der Waals surface area contributed by atoms with Crippen LogP contribution in [-0.4, -0.2) is 33.6 Å².